The third-order valence-corrected chi connectivity index (χ3v) is 5.30. The molecular weight excluding hydrogens is 367 g/mol. The maximum Gasteiger partial charge on any atom is 0.332 e. The Hall–Kier alpha value is -2.91. The molecule has 9 heteroatoms. The number of fused-ring (bicyclic) bond motifs is 1. The van der Waals surface area contributed by atoms with E-state index in [2.05, 4.69) is 44.3 Å². The number of piperazine rings is 1. The summed E-state index contributed by atoms with van der Waals surface area (Å²) >= 11 is 0. The van der Waals surface area contributed by atoms with Gasteiger partial charge in [0, 0.05) is 61.1 Å². The highest BCUT2D eigenvalue weighted by molar-refractivity contribution is 6.45. The lowest BCUT2D eigenvalue weighted by Gasteiger charge is -2.34. The summed E-state index contributed by atoms with van der Waals surface area (Å²) in [6.07, 6.45) is 1.65. The Morgan fingerprint density at radius 2 is 1.90 bits per heavy atom. The van der Waals surface area contributed by atoms with Crippen LogP contribution in [0.5, 0.6) is 0 Å². The molecule has 1 radical (unpaired) electrons. The number of aromatic nitrogens is 3. The molecule has 2 N–H and O–H groups in total. The second-order valence-electron chi connectivity index (χ2n) is 7.21. The molecule has 4 rings (SSSR count). The molecule has 0 spiro atoms. The second kappa shape index (κ2) is 8.22. The Labute approximate surface area is 170 Å². The van der Waals surface area contributed by atoms with Gasteiger partial charge in [-0.05, 0) is 44.3 Å². The standard InChI is InChI=1S/C20H24BN6O2/c1-3-27-18-14(12-17(21-29)19(27)28)13-22-20(24-18)23-15-4-6-16(7-5-15)26-10-8-25(2)9-11-26/h4-7,12-13,29H,3,8-11H2,1-2H3,(H,22,23,24). The van der Waals surface area contributed by atoms with Crippen molar-refractivity contribution in [1.29, 1.82) is 0 Å². The molecule has 1 aliphatic heterocycles. The minimum Gasteiger partial charge on any atom is -0.450 e. The zero-order valence-corrected chi connectivity index (χ0v) is 16.7. The maximum atomic E-state index is 12.4. The van der Waals surface area contributed by atoms with Gasteiger partial charge in [0.15, 0.2) is 0 Å². The molecule has 1 saturated heterocycles. The third kappa shape index (κ3) is 3.97. The van der Waals surface area contributed by atoms with Crippen molar-refractivity contribution in [3.8, 4) is 0 Å². The molecule has 2 aromatic heterocycles. The Kier molecular flexibility index (Phi) is 5.50. The van der Waals surface area contributed by atoms with Crippen LogP contribution in [0.1, 0.15) is 6.92 Å². The number of rotatable bonds is 5. The summed E-state index contributed by atoms with van der Waals surface area (Å²) in [6, 6.07) is 9.81. The molecule has 1 aromatic carbocycles. The Balaban J connectivity index is 1.57. The van der Waals surface area contributed by atoms with Crippen molar-refractivity contribution < 1.29 is 5.02 Å². The SMILES string of the molecule is CCn1c(=O)c([B]O)cc2cnc(Nc3ccc(N4CCN(C)CC4)cc3)nc21. The van der Waals surface area contributed by atoms with Gasteiger partial charge in [-0.2, -0.15) is 4.98 Å². The molecule has 29 heavy (non-hydrogen) atoms. The number of benzene rings is 1. The lowest BCUT2D eigenvalue weighted by molar-refractivity contribution is 0.313. The molecule has 3 heterocycles. The van der Waals surface area contributed by atoms with Crippen molar-refractivity contribution in [2.75, 3.05) is 43.4 Å². The fraction of sp³-hybridized carbons (Fsp3) is 0.350. The van der Waals surface area contributed by atoms with Crippen LogP contribution in [0, 0.1) is 0 Å². The molecule has 149 valence electrons. The van der Waals surface area contributed by atoms with Crippen LogP contribution >= 0.6 is 0 Å². The van der Waals surface area contributed by atoms with Gasteiger partial charge in [0.25, 0.3) is 0 Å². The van der Waals surface area contributed by atoms with E-state index < -0.39 is 0 Å². The third-order valence-electron chi connectivity index (χ3n) is 5.30. The van der Waals surface area contributed by atoms with Crippen LogP contribution in [-0.4, -0.2) is 65.2 Å². The Bertz CT molecular complexity index is 1060. The summed E-state index contributed by atoms with van der Waals surface area (Å²) in [5.41, 5.74) is 2.57. The van der Waals surface area contributed by atoms with Crippen molar-refractivity contribution in [3.63, 3.8) is 0 Å². The zero-order valence-electron chi connectivity index (χ0n) is 16.7. The van der Waals surface area contributed by atoms with Gasteiger partial charge < -0.3 is 20.1 Å². The summed E-state index contributed by atoms with van der Waals surface area (Å²) in [5.74, 6) is 0.423. The first-order chi connectivity index (χ1) is 14.1. The van der Waals surface area contributed by atoms with E-state index in [-0.39, 0.29) is 11.0 Å². The van der Waals surface area contributed by atoms with Crippen molar-refractivity contribution in [1.82, 2.24) is 19.4 Å². The van der Waals surface area contributed by atoms with Gasteiger partial charge >= 0.3 is 7.48 Å². The highest BCUT2D eigenvalue weighted by atomic mass is 16.2. The van der Waals surface area contributed by atoms with E-state index >= 15 is 0 Å². The molecule has 0 saturated carbocycles. The van der Waals surface area contributed by atoms with Crippen molar-refractivity contribution >= 4 is 41.3 Å². The summed E-state index contributed by atoms with van der Waals surface area (Å²) < 4.78 is 1.53. The van der Waals surface area contributed by atoms with Gasteiger partial charge in [0.2, 0.25) is 11.5 Å². The summed E-state index contributed by atoms with van der Waals surface area (Å²) in [6.45, 7) is 6.51. The van der Waals surface area contributed by atoms with E-state index in [0.717, 1.165) is 39.3 Å². The predicted molar refractivity (Wildman–Crippen MR) is 117 cm³/mol. The van der Waals surface area contributed by atoms with Crippen molar-refractivity contribution in [3.05, 3.63) is 46.9 Å². The van der Waals surface area contributed by atoms with Crippen LogP contribution in [0.2, 0.25) is 0 Å². The average Bonchev–Trinajstić information content (AvgIpc) is 2.74. The first-order valence-electron chi connectivity index (χ1n) is 9.77. The van der Waals surface area contributed by atoms with E-state index in [1.807, 2.05) is 19.1 Å². The summed E-state index contributed by atoms with van der Waals surface area (Å²) in [7, 11) is 2.97. The molecule has 0 unspecified atom stereocenters. The highest BCUT2D eigenvalue weighted by Crippen LogP contribution is 2.21. The topological polar surface area (TPSA) is 86.5 Å². The lowest BCUT2D eigenvalue weighted by atomic mass is 9.89. The van der Waals surface area contributed by atoms with Crippen LogP contribution in [0.3, 0.4) is 0 Å². The molecule has 1 aliphatic rings. The maximum absolute atomic E-state index is 12.4. The number of pyridine rings is 1. The van der Waals surface area contributed by atoms with Gasteiger partial charge in [0.05, 0.1) is 0 Å². The van der Waals surface area contributed by atoms with Crippen LogP contribution in [0.4, 0.5) is 17.3 Å². The van der Waals surface area contributed by atoms with E-state index in [4.69, 9.17) is 0 Å². The van der Waals surface area contributed by atoms with Crippen LogP contribution in [0.25, 0.3) is 11.0 Å². The quantitative estimate of drug-likeness (QED) is 0.614. The summed E-state index contributed by atoms with van der Waals surface area (Å²) in [4.78, 5) is 26.0. The molecule has 0 amide bonds. The Morgan fingerprint density at radius 3 is 2.55 bits per heavy atom. The molecule has 1 fully saturated rings. The minimum atomic E-state index is -0.274. The van der Waals surface area contributed by atoms with Crippen molar-refractivity contribution in [2.24, 2.45) is 0 Å². The molecule has 0 atom stereocenters. The number of aryl methyl sites for hydroxylation is 1. The fourth-order valence-electron chi connectivity index (χ4n) is 3.58. The number of nitrogens with one attached hydrogen (secondary N) is 1. The number of nitrogens with zero attached hydrogens (tertiary/aromatic N) is 5. The number of hydrogen-bond acceptors (Lipinski definition) is 7. The number of anilines is 3. The second-order valence-corrected chi connectivity index (χ2v) is 7.21. The number of hydrogen-bond donors (Lipinski definition) is 2. The zero-order chi connectivity index (χ0) is 20.4. The van der Waals surface area contributed by atoms with E-state index in [0.29, 0.717) is 23.5 Å². The van der Waals surface area contributed by atoms with E-state index in [1.165, 1.54) is 10.3 Å². The molecular formula is C20H24BN6O2. The van der Waals surface area contributed by atoms with Gasteiger partial charge in [-0.3, -0.25) is 9.36 Å². The minimum absolute atomic E-state index is 0.225. The molecule has 3 aromatic rings. The van der Waals surface area contributed by atoms with Crippen molar-refractivity contribution in [2.45, 2.75) is 13.5 Å². The number of likely N-dealkylation sites (N-methyl/N-ethyl adjacent to an activating group) is 1. The first-order valence-corrected chi connectivity index (χ1v) is 9.77. The van der Waals surface area contributed by atoms with Gasteiger partial charge in [-0.15, -0.1) is 0 Å². The Morgan fingerprint density at radius 1 is 1.17 bits per heavy atom. The first kappa shape index (κ1) is 19.4. The van der Waals surface area contributed by atoms with Gasteiger partial charge in [0.1, 0.15) is 5.65 Å². The normalized spacial score (nSPS) is 14.9. The molecule has 0 bridgehead atoms. The molecule has 8 nitrogen and oxygen atoms in total. The predicted octanol–water partition coefficient (Wildman–Crippen LogP) is 0.544. The highest BCUT2D eigenvalue weighted by Gasteiger charge is 2.14. The monoisotopic (exact) mass is 391 g/mol. The summed E-state index contributed by atoms with van der Waals surface area (Å²) in [5, 5.41) is 13.2. The van der Waals surface area contributed by atoms with Crippen LogP contribution in [0.15, 0.2) is 41.3 Å². The van der Waals surface area contributed by atoms with Gasteiger partial charge in [-0.1, -0.05) is 0 Å². The van der Waals surface area contributed by atoms with E-state index in [1.54, 1.807) is 12.3 Å². The van der Waals surface area contributed by atoms with E-state index in [9.17, 15) is 9.82 Å². The van der Waals surface area contributed by atoms with Crippen LogP contribution in [-0.2, 0) is 6.54 Å². The largest absolute Gasteiger partial charge is 0.450 e. The van der Waals surface area contributed by atoms with Gasteiger partial charge in [-0.25, -0.2) is 4.98 Å². The average molecular weight is 391 g/mol. The van der Waals surface area contributed by atoms with Crippen LogP contribution < -0.4 is 21.2 Å². The lowest BCUT2D eigenvalue weighted by Crippen LogP contribution is -2.44. The smallest absolute Gasteiger partial charge is 0.332 e. The molecule has 0 aliphatic carbocycles. The fourth-order valence-corrected chi connectivity index (χ4v) is 3.58.